The Morgan fingerprint density at radius 2 is 2.20 bits per heavy atom. The zero-order chi connectivity index (χ0) is 10.9. The molecule has 0 aromatic heterocycles. The fourth-order valence-corrected chi connectivity index (χ4v) is 2.16. The van der Waals surface area contributed by atoms with Crippen molar-refractivity contribution in [3.63, 3.8) is 0 Å². The summed E-state index contributed by atoms with van der Waals surface area (Å²) in [6.07, 6.45) is 2.24. The third-order valence-corrected chi connectivity index (χ3v) is 3.22. The average molecular weight is 208 g/mol. The van der Waals surface area contributed by atoms with E-state index in [1.165, 1.54) is 6.07 Å². The Hall–Kier alpha value is -1.09. The summed E-state index contributed by atoms with van der Waals surface area (Å²) >= 11 is 0. The Morgan fingerprint density at radius 1 is 1.47 bits per heavy atom. The summed E-state index contributed by atoms with van der Waals surface area (Å²) in [5.41, 5.74) is 6.83. The molecule has 1 aliphatic carbocycles. The second kappa shape index (κ2) is 3.81. The number of benzene rings is 1. The summed E-state index contributed by atoms with van der Waals surface area (Å²) < 4.78 is 13.1. The minimum absolute atomic E-state index is 0.0997. The van der Waals surface area contributed by atoms with Gasteiger partial charge in [0.2, 0.25) is 0 Å². The second-order valence-electron chi connectivity index (χ2n) is 4.15. The minimum Gasteiger partial charge on any atom is -0.365 e. The van der Waals surface area contributed by atoms with Crippen LogP contribution in [0.15, 0.2) is 24.3 Å². The van der Waals surface area contributed by atoms with E-state index in [1.54, 1.807) is 12.1 Å². The monoisotopic (exact) mass is 208 g/mol. The van der Waals surface area contributed by atoms with Crippen LogP contribution in [-0.2, 0) is 0 Å². The Morgan fingerprint density at radius 3 is 2.67 bits per heavy atom. The molecular formula is C12H17FN2. The first-order chi connectivity index (χ1) is 7.22. The first-order valence-electron chi connectivity index (χ1n) is 5.45. The zero-order valence-electron chi connectivity index (χ0n) is 9.04. The summed E-state index contributed by atoms with van der Waals surface area (Å²) in [6, 6.07) is 6.75. The van der Waals surface area contributed by atoms with Crippen molar-refractivity contribution >= 4 is 5.69 Å². The number of nitrogens with two attached hydrogens (primary N) is 1. The maximum atomic E-state index is 13.1. The molecule has 1 fully saturated rings. The molecule has 0 atom stereocenters. The minimum atomic E-state index is -0.182. The van der Waals surface area contributed by atoms with Crippen molar-refractivity contribution in [2.45, 2.75) is 25.3 Å². The van der Waals surface area contributed by atoms with Crippen LogP contribution < -0.4 is 10.6 Å². The molecule has 3 heteroatoms. The molecule has 1 aromatic carbocycles. The Labute approximate surface area is 89.9 Å². The third kappa shape index (κ3) is 1.84. The van der Waals surface area contributed by atoms with Crippen molar-refractivity contribution in [1.82, 2.24) is 0 Å². The van der Waals surface area contributed by atoms with Crippen LogP contribution >= 0.6 is 0 Å². The molecule has 82 valence electrons. The molecule has 0 bridgehead atoms. The smallest absolute Gasteiger partial charge is 0.125 e. The predicted molar refractivity (Wildman–Crippen MR) is 60.4 cm³/mol. The van der Waals surface area contributed by atoms with Crippen molar-refractivity contribution in [2.75, 3.05) is 18.0 Å². The highest BCUT2D eigenvalue weighted by Crippen LogP contribution is 2.43. The molecule has 0 amide bonds. The van der Waals surface area contributed by atoms with E-state index >= 15 is 0 Å². The molecule has 1 aliphatic rings. The highest BCUT2D eigenvalue weighted by atomic mass is 19.1. The topological polar surface area (TPSA) is 29.3 Å². The molecule has 0 radical (unpaired) electrons. The standard InChI is InChI=1S/C12H17FN2/c1-2-15(12(9-14)6-7-12)11-5-3-4-10(13)8-11/h3-5,8H,2,6-7,9,14H2,1H3. The Kier molecular flexibility index (Phi) is 2.65. The molecule has 2 rings (SSSR count). The van der Waals surface area contributed by atoms with Crippen molar-refractivity contribution in [3.05, 3.63) is 30.1 Å². The molecule has 2 N–H and O–H groups in total. The van der Waals surface area contributed by atoms with Gasteiger partial charge in [0.25, 0.3) is 0 Å². The molecule has 2 nitrogen and oxygen atoms in total. The molecule has 0 spiro atoms. The number of nitrogens with zero attached hydrogens (tertiary/aromatic N) is 1. The average Bonchev–Trinajstić information content (AvgIpc) is 3.00. The van der Waals surface area contributed by atoms with E-state index in [0.717, 1.165) is 25.1 Å². The van der Waals surface area contributed by atoms with Crippen molar-refractivity contribution in [1.29, 1.82) is 0 Å². The van der Waals surface area contributed by atoms with Crippen LogP contribution in [0.5, 0.6) is 0 Å². The Balaban J connectivity index is 2.27. The van der Waals surface area contributed by atoms with Crippen LogP contribution in [0.1, 0.15) is 19.8 Å². The van der Waals surface area contributed by atoms with E-state index in [9.17, 15) is 4.39 Å². The Bertz CT molecular complexity index is 347. The van der Waals surface area contributed by atoms with Crippen LogP contribution in [0, 0.1) is 5.82 Å². The third-order valence-electron chi connectivity index (χ3n) is 3.22. The number of hydrogen-bond donors (Lipinski definition) is 1. The van der Waals surface area contributed by atoms with Gasteiger partial charge in [0.1, 0.15) is 5.82 Å². The van der Waals surface area contributed by atoms with Crippen molar-refractivity contribution in [2.24, 2.45) is 5.73 Å². The van der Waals surface area contributed by atoms with Gasteiger partial charge < -0.3 is 10.6 Å². The molecule has 1 aromatic rings. The molecule has 1 saturated carbocycles. The molecule has 15 heavy (non-hydrogen) atoms. The zero-order valence-corrected chi connectivity index (χ0v) is 9.04. The fraction of sp³-hybridized carbons (Fsp3) is 0.500. The van der Waals surface area contributed by atoms with E-state index in [0.29, 0.717) is 6.54 Å². The highest BCUT2D eigenvalue weighted by molar-refractivity contribution is 5.51. The van der Waals surface area contributed by atoms with Crippen molar-refractivity contribution in [3.8, 4) is 0 Å². The normalized spacial score (nSPS) is 17.5. The van der Waals surface area contributed by atoms with Gasteiger partial charge in [-0.1, -0.05) is 6.07 Å². The number of likely N-dealkylation sites (N-methyl/N-ethyl adjacent to an activating group) is 1. The van der Waals surface area contributed by atoms with Gasteiger partial charge in [-0.05, 0) is 38.0 Å². The molecule has 0 heterocycles. The van der Waals surface area contributed by atoms with Gasteiger partial charge in [-0.15, -0.1) is 0 Å². The largest absolute Gasteiger partial charge is 0.365 e. The maximum absolute atomic E-state index is 13.1. The van der Waals surface area contributed by atoms with Gasteiger partial charge in [0.05, 0.1) is 5.54 Å². The van der Waals surface area contributed by atoms with Crippen LogP contribution in [0.25, 0.3) is 0 Å². The van der Waals surface area contributed by atoms with Crippen LogP contribution in [0.2, 0.25) is 0 Å². The molecular weight excluding hydrogens is 191 g/mol. The van der Waals surface area contributed by atoms with E-state index in [-0.39, 0.29) is 11.4 Å². The molecule has 0 aliphatic heterocycles. The number of rotatable bonds is 4. The second-order valence-corrected chi connectivity index (χ2v) is 4.15. The first kappa shape index (κ1) is 10.4. The summed E-state index contributed by atoms with van der Waals surface area (Å²) in [5, 5.41) is 0. The summed E-state index contributed by atoms with van der Waals surface area (Å²) in [6.45, 7) is 3.61. The van der Waals surface area contributed by atoms with Crippen molar-refractivity contribution < 1.29 is 4.39 Å². The van der Waals surface area contributed by atoms with Gasteiger partial charge in [0.15, 0.2) is 0 Å². The molecule has 0 unspecified atom stereocenters. The fourth-order valence-electron chi connectivity index (χ4n) is 2.16. The van der Waals surface area contributed by atoms with E-state index in [1.807, 2.05) is 6.07 Å². The summed E-state index contributed by atoms with van der Waals surface area (Å²) in [7, 11) is 0. The lowest BCUT2D eigenvalue weighted by atomic mass is 10.1. The number of hydrogen-bond acceptors (Lipinski definition) is 2. The SMILES string of the molecule is CCN(c1cccc(F)c1)C1(CN)CC1. The van der Waals surface area contributed by atoms with Gasteiger partial charge >= 0.3 is 0 Å². The molecule has 0 saturated heterocycles. The van der Waals surface area contributed by atoms with Gasteiger partial charge in [-0.25, -0.2) is 4.39 Å². The lowest BCUT2D eigenvalue weighted by Crippen LogP contribution is -2.43. The number of halogens is 1. The van der Waals surface area contributed by atoms with Gasteiger partial charge in [-0.2, -0.15) is 0 Å². The first-order valence-corrected chi connectivity index (χ1v) is 5.45. The summed E-state index contributed by atoms with van der Waals surface area (Å²) in [5.74, 6) is -0.182. The number of anilines is 1. The predicted octanol–water partition coefficient (Wildman–Crippen LogP) is 2.14. The summed E-state index contributed by atoms with van der Waals surface area (Å²) in [4.78, 5) is 2.22. The maximum Gasteiger partial charge on any atom is 0.125 e. The highest BCUT2D eigenvalue weighted by Gasteiger charge is 2.46. The van der Waals surface area contributed by atoms with Crippen LogP contribution in [0.4, 0.5) is 10.1 Å². The van der Waals surface area contributed by atoms with Gasteiger partial charge in [-0.3, -0.25) is 0 Å². The van der Waals surface area contributed by atoms with Crippen LogP contribution in [-0.4, -0.2) is 18.6 Å². The van der Waals surface area contributed by atoms with Crippen LogP contribution in [0.3, 0.4) is 0 Å². The van der Waals surface area contributed by atoms with Gasteiger partial charge in [0, 0.05) is 18.8 Å². The quantitative estimate of drug-likeness (QED) is 0.821. The lowest BCUT2D eigenvalue weighted by molar-refractivity contribution is 0.594. The van der Waals surface area contributed by atoms with E-state index in [2.05, 4.69) is 11.8 Å². The van der Waals surface area contributed by atoms with E-state index in [4.69, 9.17) is 5.73 Å². The lowest BCUT2D eigenvalue weighted by Gasteiger charge is -2.32. The van der Waals surface area contributed by atoms with E-state index < -0.39 is 0 Å².